The first-order valence-corrected chi connectivity index (χ1v) is 8.19. The number of nitrogens with two attached hydrogens (primary N) is 1. The zero-order valence-corrected chi connectivity index (χ0v) is 13.5. The molecule has 1 heterocycles. The van der Waals surface area contributed by atoms with E-state index in [4.69, 9.17) is 10.7 Å². The van der Waals surface area contributed by atoms with E-state index in [0.29, 0.717) is 17.7 Å². The van der Waals surface area contributed by atoms with Gasteiger partial charge in [-0.2, -0.15) is 0 Å². The molecule has 106 valence electrons. The Balaban J connectivity index is 2.26. The monoisotopic (exact) mass is 325 g/mol. The van der Waals surface area contributed by atoms with Crippen LogP contribution in [0.5, 0.6) is 0 Å². The lowest BCUT2D eigenvalue weighted by Gasteiger charge is -2.16. The quantitative estimate of drug-likeness (QED) is 0.835. The molecule has 19 heavy (non-hydrogen) atoms. The molecule has 2 rings (SSSR count). The summed E-state index contributed by atoms with van der Waals surface area (Å²) in [5, 5.41) is 0. The highest BCUT2D eigenvalue weighted by Crippen LogP contribution is 2.32. The maximum absolute atomic E-state index is 6.04. The van der Waals surface area contributed by atoms with Gasteiger partial charge in [-0.1, -0.05) is 39.5 Å². The lowest BCUT2D eigenvalue weighted by Crippen LogP contribution is -2.11. The van der Waals surface area contributed by atoms with Gasteiger partial charge in [0.1, 0.15) is 11.6 Å². The molecule has 0 saturated heterocycles. The topological polar surface area (TPSA) is 51.8 Å². The van der Waals surface area contributed by atoms with Crippen LogP contribution < -0.4 is 5.73 Å². The summed E-state index contributed by atoms with van der Waals surface area (Å²) in [6.07, 6.45) is 8.66. The van der Waals surface area contributed by atoms with Crippen LogP contribution in [0.25, 0.3) is 0 Å². The zero-order valence-electron chi connectivity index (χ0n) is 12.0. The molecule has 1 fully saturated rings. The summed E-state index contributed by atoms with van der Waals surface area (Å²) in [6, 6.07) is 0. The van der Waals surface area contributed by atoms with Gasteiger partial charge in [0, 0.05) is 5.92 Å². The number of aromatic nitrogens is 2. The molecule has 0 atom stereocenters. The first-order valence-electron chi connectivity index (χ1n) is 7.39. The van der Waals surface area contributed by atoms with Crippen LogP contribution in [0.1, 0.15) is 69.8 Å². The van der Waals surface area contributed by atoms with Crippen LogP contribution in [0.4, 0.5) is 5.82 Å². The van der Waals surface area contributed by atoms with Crippen molar-refractivity contribution >= 4 is 21.7 Å². The summed E-state index contributed by atoms with van der Waals surface area (Å²) in [7, 11) is 0. The van der Waals surface area contributed by atoms with Gasteiger partial charge in [-0.25, -0.2) is 9.97 Å². The molecule has 1 aromatic rings. The van der Waals surface area contributed by atoms with Crippen LogP contribution in [0.3, 0.4) is 0 Å². The van der Waals surface area contributed by atoms with Crippen molar-refractivity contribution in [2.24, 2.45) is 5.92 Å². The van der Waals surface area contributed by atoms with Crippen molar-refractivity contribution in [1.29, 1.82) is 0 Å². The highest BCUT2D eigenvalue weighted by molar-refractivity contribution is 9.10. The molecule has 2 N–H and O–H groups in total. The highest BCUT2D eigenvalue weighted by atomic mass is 79.9. The molecule has 1 aromatic heterocycles. The minimum Gasteiger partial charge on any atom is -0.383 e. The summed E-state index contributed by atoms with van der Waals surface area (Å²) in [4.78, 5) is 9.33. The Morgan fingerprint density at radius 2 is 1.79 bits per heavy atom. The van der Waals surface area contributed by atoms with Crippen LogP contribution in [0.15, 0.2) is 4.47 Å². The number of nitrogen functional groups attached to an aromatic ring is 1. The average molecular weight is 326 g/mol. The van der Waals surface area contributed by atoms with Gasteiger partial charge in [-0.05, 0) is 41.1 Å². The average Bonchev–Trinajstić information content (AvgIpc) is 2.63. The van der Waals surface area contributed by atoms with Crippen LogP contribution >= 0.6 is 15.9 Å². The molecule has 1 aliphatic rings. The largest absolute Gasteiger partial charge is 0.383 e. The molecule has 0 unspecified atom stereocenters. The predicted octanol–water partition coefficient (Wildman–Crippen LogP) is 4.46. The lowest BCUT2D eigenvalue weighted by molar-refractivity contribution is 0.551. The Morgan fingerprint density at radius 1 is 1.16 bits per heavy atom. The van der Waals surface area contributed by atoms with E-state index >= 15 is 0 Å². The van der Waals surface area contributed by atoms with E-state index in [-0.39, 0.29) is 0 Å². The zero-order chi connectivity index (χ0) is 13.8. The molecule has 0 aromatic carbocycles. The molecule has 3 nitrogen and oxygen atoms in total. The third-order valence-electron chi connectivity index (χ3n) is 3.78. The molecule has 0 spiro atoms. The molecule has 0 radical (unpaired) electrons. The van der Waals surface area contributed by atoms with Crippen molar-refractivity contribution < 1.29 is 0 Å². The SMILES string of the molecule is CC(C)Cc1nc(C2CCCCCC2)nc(N)c1Br. The number of anilines is 1. The third-order valence-corrected chi connectivity index (χ3v) is 4.65. The molecular formula is C15H24BrN3. The molecule has 1 aliphatic carbocycles. The summed E-state index contributed by atoms with van der Waals surface area (Å²) in [6.45, 7) is 4.41. The molecular weight excluding hydrogens is 302 g/mol. The standard InChI is InChI=1S/C15H24BrN3/c1-10(2)9-12-13(16)14(17)19-15(18-12)11-7-5-3-4-6-8-11/h10-11H,3-9H2,1-2H3,(H2,17,18,19). The third kappa shape index (κ3) is 3.91. The number of hydrogen-bond donors (Lipinski definition) is 1. The maximum Gasteiger partial charge on any atom is 0.141 e. The summed E-state index contributed by atoms with van der Waals surface area (Å²) >= 11 is 3.53. The normalized spacial score (nSPS) is 17.7. The van der Waals surface area contributed by atoms with E-state index in [1.165, 1.54) is 38.5 Å². The number of nitrogens with zero attached hydrogens (tertiary/aromatic N) is 2. The van der Waals surface area contributed by atoms with E-state index in [0.717, 1.165) is 22.4 Å². The van der Waals surface area contributed by atoms with Crippen LogP contribution in [0.2, 0.25) is 0 Å². The van der Waals surface area contributed by atoms with E-state index in [1.54, 1.807) is 0 Å². The molecule has 4 heteroatoms. The van der Waals surface area contributed by atoms with Gasteiger partial charge in [0.05, 0.1) is 10.2 Å². The number of rotatable bonds is 3. The number of halogens is 1. The van der Waals surface area contributed by atoms with E-state index in [1.807, 2.05) is 0 Å². The van der Waals surface area contributed by atoms with Crippen LogP contribution in [-0.4, -0.2) is 9.97 Å². The van der Waals surface area contributed by atoms with Gasteiger partial charge >= 0.3 is 0 Å². The Bertz CT molecular complexity index is 424. The lowest BCUT2D eigenvalue weighted by atomic mass is 9.99. The second kappa shape index (κ2) is 6.69. The molecule has 0 amide bonds. The Labute approximate surface area is 124 Å². The van der Waals surface area contributed by atoms with Gasteiger partial charge in [0.15, 0.2) is 0 Å². The fourth-order valence-corrected chi connectivity index (χ4v) is 3.11. The van der Waals surface area contributed by atoms with Crippen molar-refractivity contribution in [2.45, 2.75) is 64.7 Å². The van der Waals surface area contributed by atoms with E-state index in [2.05, 4.69) is 34.8 Å². The maximum atomic E-state index is 6.04. The first kappa shape index (κ1) is 14.8. The molecule has 1 saturated carbocycles. The minimum atomic E-state index is 0.504. The smallest absolute Gasteiger partial charge is 0.141 e. The van der Waals surface area contributed by atoms with Gasteiger partial charge < -0.3 is 5.73 Å². The molecule has 0 bridgehead atoms. The van der Waals surface area contributed by atoms with Crippen molar-refractivity contribution in [2.75, 3.05) is 5.73 Å². The highest BCUT2D eigenvalue weighted by Gasteiger charge is 2.20. The van der Waals surface area contributed by atoms with Crippen molar-refractivity contribution in [3.63, 3.8) is 0 Å². The van der Waals surface area contributed by atoms with Gasteiger partial charge in [-0.3, -0.25) is 0 Å². The fraction of sp³-hybridized carbons (Fsp3) is 0.733. The molecule has 0 aliphatic heterocycles. The second-order valence-electron chi connectivity index (χ2n) is 6.01. The van der Waals surface area contributed by atoms with Gasteiger partial charge in [0.25, 0.3) is 0 Å². The van der Waals surface area contributed by atoms with Crippen molar-refractivity contribution in [3.05, 3.63) is 16.0 Å². The first-order chi connectivity index (χ1) is 9.08. The second-order valence-corrected chi connectivity index (χ2v) is 6.81. The van der Waals surface area contributed by atoms with Crippen LogP contribution in [0, 0.1) is 5.92 Å². The Hall–Kier alpha value is -0.640. The summed E-state index contributed by atoms with van der Waals surface area (Å²) < 4.78 is 0.888. The summed E-state index contributed by atoms with van der Waals surface area (Å²) in [5.74, 6) is 2.65. The van der Waals surface area contributed by atoms with E-state index < -0.39 is 0 Å². The van der Waals surface area contributed by atoms with Crippen LogP contribution in [-0.2, 0) is 6.42 Å². The van der Waals surface area contributed by atoms with Gasteiger partial charge in [0.2, 0.25) is 0 Å². The van der Waals surface area contributed by atoms with Crippen molar-refractivity contribution in [1.82, 2.24) is 9.97 Å². The Morgan fingerprint density at radius 3 is 2.37 bits per heavy atom. The predicted molar refractivity (Wildman–Crippen MR) is 83.1 cm³/mol. The summed E-state index contributed by atoms with van der Waals surface area (Å²) in [5.41, 5.74) is 7.12. The van der Waals surface area contributed by atoms with Crippen molar-refractivity contribution in [3.8, 4) is 0 Å². The number of hydrogen-bond acceptors (Lipinski definition) is 3. The minimum absolute atomic E-state index is 0.504. The fourth-order valence-electron chi connectivity index (χ4n) is 2.77. The van der Waals surface area contributed by atoms with E-state index in [9.17, 15) is 0 Å². The van der Waals surface area contributed by atoms with Gasteiger partial charge in [-0.15, -0.1) is 0 Å². The Kier molecular flexibility index (Phi) is 5.20.